The minimum Gasteiger partial charge on any atom is -0.387 e. The molecule has 0 aliphatic carbocycles. The summed E-state index contributed by atoms with van der Waals surface area (Å²) in [5.74, 6) is -0.232. The van der Waals surface area contributed by atoms with E-state index in [4.69, 9.17) is 0 Å². The molecule has 0 spiro atoms. The van der Waals surface area contributed by atoms with Crippen LogP contribution in [0.2, 0.25) is 0 Å². The molecule has 1 aromatic rings. The summed E-state index contributed by atoms with van der Waals surface area (Å²) in [6.07, 6.45) is 0.293. The largest absolute Gasteiger partial charge is 0.387 e. The molecule has 0 aromatic heterocycles. The van der Waals surface area contributed by atoms with Gasteiger partial charge in [0.05, 0.1) is 5.56 Å². The van der Waals surface area contributed by atoms with Crippen LogP contribution in [0, 0.1) is 0 Å². The topological polar surface area (TPSA) is 70.2 Å². The molecule has 0 aliphatic heterocycles. The zero-order chi connectivity index (χ0) is 13.4. The molecule has 2 amide bonds. The highest BCUT2D eigenvalue weighted by Crippen LogP contribution is 2.13. The van der Waals surface area contributed by atoms with E-state index < -0.39 is 0 Å². The maximum absolute atomic E-state index is 11.9. The lowest BCUT2D eigenvalue weighted by molar-refractivity contribution is -0.120. The molecule has 0 heterocycles. The van der Waals surface area contributed by atoms with Crippen LogP contribution in [-0.2, 0) is 4.79 Å². The Morgan fingerprint density at radius 3 is 2.56 bits per heavy atom. The van der Waals surface area contributed by atoms with Gasteiger partial charge in [0.2, 0.25) is 5.91 Å². The first-order valence-electron chi connectivity index (χ1n) is 6.00. The minimum atomic E-state index is -0.177. The maximum atomic E-state index is 11.9. The first-order chi connectivity index (χ1) is 8.69. The van der Waals surface area contributed by atoms with Gasteiger partial charge in [0.15, 0.2) is 0 Å². The normalized spacial score (nSPS) is 9.67. The summed E-state index contributed by atoms with van der Waals surface area (Å²) >= 11 is 0. The highest BCUT2D eigenvalue weighted by Gasteiger charge is 2.09. The SMILES string of the molecule is CCNC(=O)CCNC(=O)c1ccccc1NC. The van der Waals surface area contributed by atoms with E-state index >= 15 is 0 Å². The second-order valence-electron chi connectivity index (χ2n) is 3.75. The molecule has 0 unspecified atom stereocenters. The molecule has 0 bridgehead atoms. The van der Waals surface area contributed by atoms with Crippen molar-refractivity contribution in [2.24, 2.45) is 0 Å². The lowest BCUT2D eigenvalue weighted by Crippen LogP contribution is -2.30. The Labute approximate surface area is 107 Å². The summed E-state index contributed by atoms with van der Waals surface area (Å²) < 4.78 is 0. The van der Waals surface area contributed by atoms with Crippen molar-refractivity contribution in [3.05, 3.63) is 29.8 Å². The van der Waals surface area contributed by atoms with Crippen molar-refractivity contribution in [3.8, 4) is 0 Å². The number of hydrogen-bond acceptors (Lipinski definition) is 3. The van der Waals surface area contributed by atoms with E-state index in [2.05, 4.69) is 16.0 Å². The van der Waals surface area contributed by atoms with Gasteiger partial charge in [-0.05, 0) is 19.1 Å². The molecule has 3 N–H and O–H groups in total. The Bertz CT molecular complexity index is 418. The standard InChI is InChI=1S/C13H19N3O2/c1-3-15-12(17)8-9-16-13(18)10-6-4-5-7-11(10)14-2/h4-7,14H,3,8-9H2,1-2H3,(H,15,17)(H,16,18). The molecule has 0 aliphatic rings. The maximum Gasteiger partial charge on any atom is 0.253 e. The van der Waals surface area contributed by atoms with Gasteiger partial charge in [-0.3, -0.25) is 9.59 Å². The molecule has 0 saturated carbocycles. The van der Waals surface area contributed by atoms with Gasteiger partial charge in [-0.15, -0.1) is 0 Å². The number of benzene rings is 1. The molecule has 1 rings (SSSR count). The van der Waals surface area contributed by atoms with Crippen LogP contribution in [0.3, 0.4) is 0 Å². The van der Waals surface area contributed by atoms with E-state index in [1.165, 1.54) is 0 Å². The third kappa shape index (κ3) is 4.08. The van der Waals surface area contributed by atoms with Crippen molar-refractivity contribution >= 4 is 17.5 Å². The number of hydrogen-bond donors (Lipinski definition) is 3. The molecular weight excluding hydrogens is 230 g/mol. The number of carbonyl (C=O) groups is 2. The van der Waals surface area contributed by atoms with E-state index in [1.54, 1.807) is 19.2 Å². The van der Waals surface area contributed by atoms with Crippen LogP contribution in [0.1, 0.15) is 23.7 Å². The molecule has 98 valence electrons. The van der Waals surface area contributed by atoms with E-state index in [0.29, 0.717) is 25.1 Å². The van der Waals surface area contributed by atoms with Gasteiger partial charge in [0.1, 0.15) is 0 Å². The first-order valence-corrected chi connectivity index (χ1v) is 6.00. The summed E-state index contributed by atoms with van der Waals surface area (Å²) in [5, 5.41) is 8.36. The Morgan fingerprint density at radius 2 is 1.89 bits per heavy atom. The van der Waals surface area contributed by atoms with Crippen LogP contribution in [-0.4, -0.2) is 32.0 Å². The van der Waals surface area contributed by atoms with E-state index in [0.717, 1.165) is 5.69 Å². The molecule has 1 aromatic carbocycles. The van der Waals surface area contributed by atoms with Gasteiger partial charge in [0, 0.05) is 32.2 Å². The van der Waals surface area contributed by atoms with Gasteiger partial charge in [0.25, 0.3) is 5.91 Å². The summed E-state index contributed by atoms with van der Waals surface area (Å²) in [5.41, 5.74) is 1.35. The number of anilines is 1. The third-order valence-electron chi connectivity index (χ3n) is 2.45. The molecule has 18 heavy (non-hydrogen) atoms. The highest BCUT2D eigenvalue weighted by atomic mass is 16.2. The lowest BCUT2D eigenvalue weighted by atomic mass is 10.1. The average molecular weight is 249 g/mol. The number of para-hydroxylation sites is 1. The fraction of sp³-hybridized carbons (Fsp3) is 0.385. The van der Waals surface area contributed by atoms with Gasteiger partial charge in [-0.25, -0.2) is 0 Å². The monoisotopic (exact) mass is 249 g/mol. The molecule has 0 atom stereocenters. The summed E-state index contributed by atoms with van der Waals surface area (Å²) in [6, 6.07) is 7.24. The Morgan fingerprint density at radius 1 is 1.17 bits per heavy atom. The predicted octanol–water partition coefficient (Wildman–Crippen LogP) is 0.984. The van der Waals surface area contributed by atoms with Crippen molar-refractivity contribution < 1.29 is 9.59 Å². The lowest BCUT2D eigenvalue weighted by Gasteiger charge is -2.09. The molecular formula is C13H19N3O2. The molecule has 0 saturated heterocycles. The fourth-order valence-corrected chi connectivity index (χ4v) is 1.57. The van der Waals surface area contributed by atoms with Crippen molar-refractivity contribution in [2.75, 3.05) is 25.5 Å². The Kier molecular flexibility index (Phi) is 5.70. The zero-order valence-corrected chi connectivity index (χ0v) is 10.7. The molecule has 0 radical (unpaired) electrons. The van der Waals surface area contributed by atoms with Crippen molar-refractivity contribution in [2.45, 2.75) is 13.3 Å². The van der Waals surface area contributed by atoms with Crippen LogP contribution in [0.15, 0.2) is 24.3 Å². The molecule has 5 nitrogen and oxygen atoms in total. The fourth-order valence-electron chi connectivity index (χ4n) is 1.57. The second-order valence-corrected chi connectivity index (χ2v) is 3.75. The smallest absolute Gasteiger partial charge is 0.253 e. The molecule has 5 heteroatoms. The number of nitrogens with one attached hydrogen (secondary N) is 3. The number of rotatable bonds is 6. The van der Waals surface area contributed by atoms with E-state index in [1.807, 2.05) is 19.1 Å². The molecule has 0 fully saturated rings. The van der Waals surface area contributed by atoms with Gasteiger partial charge in [-0.1, -0.05) is 12.1 Å². The van der Waals surface area contributed by atoms with Crippen LogP contribution in [0.4, 0.5) is 5.69 Å². The van der Waals surface area contributed by atoms with Crippen LogP contribution < -0.4 is 16.0 Å². The Hall–Kier alpha value is -2.04. The van der Waals surface area contributed by atoms with Crippen molar-refractivity contribution in [3.63, 3.8) is 0 Å². The predicted molar refractivity (Wildman–Crippen MR) is 71.6 cm³/mol. The van der Waals surface area contributed by atoms with Crippen molar-refractivity contribution in [1.29, 1.82) is 0 Å². The van der Waals surface area contributed by atoms with Gasteiger partial charge in [-0.2, -0.15) is 0 Å². The highest BCUT2D eigenvalue weighted by molar-refractivity contribution is 5.99. The van der Waals surface area contributed by atoms with Gasteiger partial charge < -0.3 is 16.0 Å². The summed E-state index contributed by atoms with van der Waals surface area (Å²) in [6.45, 7) is 2.80. The van der Waals surface area contributed by atoms with Crippen LogP contribution in [0.25, 0.3) is 0 Å². The quantitative estimate of drug-likeness (QED) is 0.704. The third-order valence-corrected chi connectivity index (χ3v) is 2.45. The van der Waals surface area contributed by atoms with E-state index in [-0.39, 0.29) is 11.8 Å². The first kappa shape index (κ1) is 14.0. The minimum absolute atomic E-state index is 0.0558. The Balaban J connectivity index is 2.48. The van der Waals surface area contributed by atoms with Crippen LogP contribution >= 0.6 is 0 Å². The average Bonchev–Trinajstić information content (AvgIpc) is 2.38. The van der Waals surface area contributed by atoms with Crippen molar-refractivity contribution in [1.82, 2.24) is 10.6 Å². The van der Waals surface area contributed by atoms with E-state index in [9.17, 15) is 9.59 Å². The van der Waals surface area contributed by atoms with Crippen LogP contribution in [0.5, 0.6) is 0 Å². The summed E-state index contributed by atoms with van der Waals surface area (Å²) in [4.78, 5) is 23.1. The number of amides is 2. The summed E-state index contributed by atoms with van der Waals surface area (Å²) in [7, 11) is 1.76. The zero-order valence-electron chi connectivity index (χ0n) is 10.7. The second kappa shape index (κ2) is 7.32. The number of carbonyl (C=O) groups excluding carboxylic acids is 2. The van der Waals surface area contributed by atoms with Gasteiger partial charge >= 0.3 is 0 Å².